The molecule has 6 nitrogen and oxygen atoms in total. The van der Waals surface area contributed by atoms with Gasteiger partial charge in [0.1, 0.15) is 0 Å². The number of aromatic nitrogens is 1. The van der Waals surface area contributed by atoms with E-state index < -0.39 is 12.0 Å². The van der Waals surface area contributed by atoms with Crippen molar-refractivity contribution in [2.75, 3.05) is 18.0 Å². The van der Waals surface area contributed by atoms with Gasteiger partial charge in [-0.25, -0.2) is 9.79 Å². The summed E-state index contributed by atoms with van der Waals surface area (Å²) in [4.78, 5) is 34.6. The largest absolute Gasteiger partial charge is 0.459 e. The Labute approximate surface area is 225 Å². The van der Waals surface area contributed by atoms with Gasteiger partial charge in [0, 0.05) is 23.8 Å². The fraction of sp³-hybridized carbons (Fsp3) is 0.345. The number of esters is 1. The maximum absolute atomic E-state index is 13.8. The third kappa shape index (κ3) is 5.03. The zero-order chi connectivity index (χ0) is 26.3. The second-order valence-corrected chi connectivity index (χ2v) is 11.3. The molecule has 1 fully saturated rings. The first-order valence-electron chi connectivity index (χ1n) is 12.6. The lowest BCUT2D eigenvalue weighted by Crippen LogP contribution is -2.40. The van der Waals surface area contributed by atoms with Gasteiger partial charge in [0.25, 0.3) is 5.56 Å². The van der Waals surface area contributed by atoms with E-state index in [4.69, 9.17) is 16.3 Å². The maximum atomic E-state index is 13.8. The molecule has 1 atom stereocenters. The lowest BCUT2D eigenvalue weighted by atomic mass is 9.96. The number of fused-ring (bicyclic) bond motifs is 1. The Morgan fingerprint density at radius 1 is 1.14 bits per heavy atom. The van der Waals surface area contributed by atoms with E-state index in [-0.39, 0.29) is 11.7 Å². The van der Waals surface area contributed by atoms with Crippen LogP contribution >= 0.6 is 22.9 Å². The number of nitrogens with zero attached hydrogens (tertiary/aromatic N) is 3. The van der Waals surface area contributed by atoms with Crippen molar-refractivity contribution >= 4 is 40.7 Å². The average molecular weight is 536 g/mol. The summed E-state index contributed by atoms with van der Waals surface area (Å²) in [5.74, 6) is -0.474. The summed E-state index contributed by atoms with van der Waals surface area (Å²) in [6.45, 7) is 9.68. The van der Waals surface area contributed by atoms with E-state index in [0.29, 0.717) is 25.6 Å². The van der Waals surface area contributed by atoms with Crippen LogP contribution in [0.2, 0.25) is 5.02 Å². The molecule has 0 radical (unpaired) electrons. The number of halogens is 1. The highest BCUT2D eigenvalue weighted by molar-refractivity contribution is 7.07. The van der Waals surface area contributed by atoms with Gasteiger partial charge in [-0.2, -0.15) is 0 Å². The van der Waals surface area contributed by atoms with Crippen LogP contribution in [-0.2, 0) is 9.53 Å². The van der Waals surface area contributed by atoms with Crippen LogP contribution in [0.5, 0.6) is 0 Å². The molecule has 1 saturated heterocycles. The Morgan fingerprint density at radius 3 is 2.49 bits per heavy atom. The molecule has 2 aromatic carbocycles. The maximum Gasteiger partial charge on any atom is 0.338 e. The lowest BCUT2D eigenvalue weighted by molar-refractivity contribution is -0.143. The Morgan fingerprint density at radius 2 is 1.84 bits per heavy atom. The molecule has 8 heteroatoms. The zero-order valence-electron chi connectivity index (χ0n) is 21.5. The molecule has 0 saturated carbocycles. The lowest BCUT2D eigenvalue weighted by Gasteiger charge is -2.25. The molecule has 192 valence electrons. The van der Waals surface area contributed by atoms with Gasteiger partial charge < -0.3 is 9.64 Å². The molecule has 3 heterocycles. The number of rotatable bonds is 5. The van der Waals surface area contributed by atoms with Gasteiger partial charge in [-0.05, 0) is 87.6 Å². The molecule has 0 N–H and O–H groups in total. The van der Waals surface area contributed by atoms with Gasteiger partial charge in [0.15, 0.2) is 4.80 Å². The first-order valence-corrected chi connectivity index (χ1v) is 13.8. The molecule has 5 rings (SSSR count). The van der Waals surface area contributed by atoms with Gasteiger partial charge in [0.05, 0.1) is 27.9 Å². The topological polar surface area (TPSA) is 63.9 Å². The Kier molecular flexibility index (Phi) is 7.10. The molecular weight excluding hydrogens is 506 g/mol. The summed E-state index contributed by atoms with van der Waals surface area (Å²) >= 11 is 7.47. The summed E-state index contributed by atoms with van der Waals surface area (Å²) in [5, 5.41) is 0.580. The SMILES string of the molecule is CC1=C(C(=O)OC(C)C)[C@H](c2ccc(Cl)cc2)n2c(s/c(=C/c3ccc(N4CCCC4)c(C)c3)c2=O)=N1. The second kappa shape index (κ2) is 10.3. The number of carbonyl (C=O) groups is 1. The number of benzene rings is 2. The standard InChI is InChI=1S/C29H30ClN3O3S/c1-17(2)36-28(35)25-19(4)31-29-33(26(25)21-8-10-22(30)11-9-21)27(34)24(37-29)16-20-7-12-23(18(3)15-20)32-13-5-6-14-32/h7-12,15-17,26H,5-6,13-14H2,1-4H3/b24-16+/t26-/m0/s1. The van der Waals surface area contributed by atoms with Crippen molar-refractivity contribution in [3.05, 3.63) is 95.1 Å². The van der Waals surface area contributed by atoms with Gasteiger partial charge in [-0.1, -0.05) is 41.1 Å². The number of thiazole rings is 1. The molecule has 2 aliphatic heterocycles. The molecular formula is C29H30ClN3O3S. The van der Waals surface area contributed by atoms with E-state index in [1.807, 2.05) is 18.2 Å². The summed E-state index contributed by atoms with van der Waals surface area (Å²) in [6.07, 6.45) is 4.07. The summed E-state index contributed by atoms with van der Waals surface area (Å²) in [6, 6.07) is 12.9. The van der Waals surface area contributed by atoms with Gasteiger partial charge in [-0.15, -0.1) is 0 Å². The van der Waals surface area contributed by atoms with Crippen molar-refractivity contribution < 1.29 is 9.53 Å². The van der Waals surface area contributed by atoms with Crippen molar-refractivity contribution in [2.24, 2.45) is 4.99 Å². The number of allylic oxidation sites excluding steroid dienone is 1. The quantitative estimate of drug-likeness (QED) is 0.442. The Bertz CT molecular complexity index is 1560. The van der Waals surface area contributed by atoms with Crippen LogP contribution in [0.1, 0.15) is 56.3 Å². The molecule has 1 aromatic heterocycles. The molecule has 0 bridgehead atoms. The van der Waals surface area contributed by atoms with Crippen LogP contribution in [0.25, 0.3) is 6.08 Å². The fourth-order valence-electron chi connectivity index (χ4n) is 5.05. The zero-order valence-corrected chi connectivity index (χ0v) is 23.0. The van der Waals surface area contributed by atoms with Crippen LogP contribution in [0.3, 0.4) is 0 Å². The minimum Gasteiger partial charge on any atom is -0.459 e. The first-order chi connectivity index (χ1) is 17.7. The number of hydrogen-bond acceptors (Lipinski definition) is 6. The van der Waals surface area contributed by atoms with E-state index in [0.717, 1.165) is 24.2 Å². The van der Waals surface area contributed by atoms with Crippen molar-refractivity contribution in [1.82, 2.24) is 4.57 Å². The summed E-state index contributed by atoms with van der Waals surface area (Å²) in [5.41, 5.74) is 4.90. The van der Waals surface area contributed by atoms with Crippen LogP contribution in [0, 0.1) is 6.92 Å². The molecule has 2 aliphatic rings. The van der Waals surface area contributed by atoms with Gasteiger partial charge in [0.2, 0.25) is 0 Å². The molecule has 0 spiro atoms. The second-order valence-electron chi connectivity index (χ2n) is 9.83. The molecule has 0 unspecified atom stereocenters. The first kappa shape index (κ1) is 25.5. The van der Waals surface area contributed by atoms with E-state index in [1.165, 1.54) is 35.4 Å². The predicted octanol–water partition coefficient (Wildman–Crippen LogP) is 4.75. The molecule has 0 amide bonds. The van der Waals surface area contributed by atoms with Crippen molar-refractivity contribution in [1.29, 1.82) is 0 Å². The van der Waals surface area contributed by atoms with E-state index >= 15 is 0 Å². The number of hydrogen-bond donors (Lipinski definition) is 0. The van der Waals surface area contributed by atoms with Crippen LogP contribution < -0.4 is 19.8 Å². The Hall–Kier alpha value is -3.16. The monoisotopic (exact) mass is 535 g/mol. The van der Waals surface area contributed by atoms with Crippen molar-refractivity contribution in [3.8, 4) is 0 Å². The summed E-state index contributed by atoms with van der Waals surface area (Å²) in [7, 11) is 0. The van der Waals surface area contributed by atoms with Crippen molar-refractivity contribution in [3.63, 3.8) is 0 Å². The average Bonchev–Trinajstić information content (AvgIpc) is 3.47. The number of carbonyl (C=O) groups excluding carboxylic acids is 1. The molecule has 3 aromatic rings. The third-order valence-corrected chi connectivity index (χ3v) is 7.97. The Balaban J connectivity index is 1.62. The third-order valence-electron chi connectivity index (χ3n) is 6.74. The molecule has 0 aliphatic carbocycles. The van der Waals surface area contributed by atoms with E-state index in [1.54, 1.807) is 37.5 Å². The van der Waals surface area contributed by atoms with Crippen LogP contribution in [-0.4, -0.2) is 29.7 Å². The number of aryl methyl sites for hydroxylation is 1. The number of anilines is 1. The fourth-order valence-corrected chi connectivity index (χ4v) is 6.23. The van der Waals surface area contributed by atoms with Crippen molar-refractivity contribution in [2.45, 2.75) is 52.7 Å². The summed E-state index contributed by atoms with van der Waals surface area (Å²) < 4.78 is 7.73. The van der Waals surface area contributed by atoms with E-state index in [9.17, 15) is 9.59 Å². The minimum absolute atomic E-state index is 0.188. The normalized spacial score (nSPS) is 17.8. The highest BCUT2D eigenvalue weighted by Gasteiger charge is 2.33. The van der Waals surface area contributed by atoms with Crippen LogP contribution in [0.4, 0.5) is 5.69 Å². The van der Waals surface area contributed by atoms with Crippen LogP contribution in [0.15, 0.2) is 63.5 Å². The minimum atomic E-state index is -0.652. The smallest absolute Gasteiger partial charge is 0.338 e. The highest BCUT2D eigenvalue weighted by atomic mass is 35.5. The van der Waals surface area contributed by atoms with E-state index in [2.05, 4.69) is 35.0 Å². The molecule has 37 heavy (non-hydrogen) atoms. The van der Waals surface area contributed by atoms with Gasteiger partial charge in [-0.3, -0.25) is 9.36 Å². The highest BCUT2D eigenvalue weighted by Crippen LogP contribution is 2.31. The number of ether oxygens (including phenoxy) is 1. The predicted molar refractivity (Wildman–Crippen MR) is 149 cm³/mol. The van der Waals surface area contributed by atoms with Gasteiger partial charge >= 0.3 is 5.97 Å².